The number of carbonyl (C=O) groups is 2. The average molecular weight is 407 g/mol. The predicted molar refractivity (Wildman–Crippen MR) is 108 cm³/mol. The lowest BCUT2D eigenvalue weighted by Gasteiger charge is -2.31. The minimum absolute atomic E-state index is 0.133. The van der Waals surface area contributed by atoms with Gasteiger partial charge in [-0.1, -0.05) is 36.4 Å². The summed E-state index contributed by atoms with van der Waals surface area (Å²) in [6.45, 7) is 1.78. The molecule has 1 heterocycles. The maximum absolute atomic E-state index is 12.9. The quantitative estimate of drug-likeness (QED) is 0.707. The molecule has 0 fully saturated rings. The van der Waals surface area contributed by atoms with Gasteiger partial charge < -0.3 is 19.5 Å². The van der Waals surface area contributed by atoms with Crippen molar-refractivity contribution in [3.8, 4) is 17.6 Å². The van der Waals surface area contributed by atoms with E-state index in [2.05, 4.69) is 10.3 Å². The van der Waals surface area contributed by atoms with Gasteiger partial charge in [-0.2, -0.15) is 10.3 Å². The van der Waals surface area contributed by atoms with Crippen molar-refractivity contribution in [2.45, 2.75) is 13.0 Å². The third-order valence-corrected chi connectivity index (χ3v) is 4.58. The molecular formula is C22H21N3O5. The molecule has 2 atom stereocenters. The first-order valence-corrected chi connectivity index (χ1v) is 9.37. The van der Waals surface area contributed by atoms with Crippen LogP contribution in [0.25, 0.3) is 0 Å². The number of esters is 1. The number of rotatable bonds is 7. The van der Waals surface area contributed by atoms with Gasteiger partial charge in [-0.15, -0.1) is 0 Å². The number of nitrogens with one attached hydrogen (secondary N) is 1. The molecule has 0 radical (unpaired) electrons. The van der Waals surface area contributed by atoms with Crippen LogP contribution in [-0.4, -0.2) is 38.0 Å². The van der Waals surface area contributed by atoms with Crippen LogP contribution in [0.5, 0.6) is 11.5 Å². The molecule has 0 aliphatic carbocycles. The molecule has 0 saturated heterocycles. The summed E-state index contributed by atoms with van der Waals surface area (Å²) in [5.74, 6) is -0.576. The molecule has 154 valence electrons. The van der Waals surface area contributed by atoms with Gasteiger partial charge >= 0.3 is 12.0 Å². The summed E-state index contributed by atoms with van der Waals surface area (Å²) in [6.07, 6.45) is 0. The fourth-order valence-corrected chi connectivity index (χ4v) is 3.30. The maximum atomic E-state index is 12.9. The Hall–Kier alpha value is -3.86. The number of carbonyl (C=O) groups excluding carboxylic acids is 2. The molecular weight excluding hydrogens is 386 g/mol. The number of nitrogens with zero attached hydrogens (tertiary/aromatic N) is 2. The molecule has 0 aromatic heterocycles. The molecule has 2 amide bonds. The van der Waals surface area contributed by atoms with Crippen LogP contribution in [-0.2, 0) is 9.53 Å². The summed E-state index contributed by atoms with van der Waals surface area (Å²) in [6, 6.07) is 14.7. The Kier molecular flexibility index (Phi) is 6.65. The Morgan fingerprint density at radius 2 is 1.97 bits per heavy atom. The van der Waals surface area contributed by atoms with Crippen LogP contribution in [0.15, 0.2) is 53.5 Å². The van der Waals surface area contributed by atoms with Gasteiger partial charge in [0, 0.05) is 0 Å². The van der Waals surface area contributed by atoms with E-state index in [1.165, 1.54) is 7.11 Å². The smallest absolute Gasteiger partial charge is 0.341 e. The molecule has 0 saturated carbocycles. The molecule has 1 aliphatic heterocycles. The van der Waals surface area contributed by atoms with Gasteiger partial charge in [0.25, 0.3) is 0 Å². The summed E-state index contributed by atoms with van der Waals surface area (Å²) >= 11 is 0. The normalized spacial score (nSPS) is 17.9. The van der Waals surface area contributed by atoms with E-state index in [1.54, 1.807) is 37.3 Å². The van der Waals surface area contributed by atoms with Crippen LogP contribution in [0, 0.1) is 17.2 Å². The largest absolute Gasteiger partial charge is 0.493 e. The SMILES string of the molecule is CCOC(=O)C1C(c2ccccc2)=NC(=O)NC1c1ccc(OCC#N)c(OC)c1. The lowest BCUT2D eigenvalue weighted by molar-refractivity contribution is -0.146. The molecule has 1 aliphatic rings. The summed E-state index contributed by atoms with van der Waals surface area (Å²) in [5, 5.41) is 11.5. The third-order valence-electron chi connectivity index (χ3n) is 4.58. The van der Waals surface area contributed by atoms with Crippen LogP contribution in [0.1, 0.15) is 24.1 Å². The Bertz CT molecular complexity index is 998. The van der Waals surface area contributed by atoms with Gasteiger partial charge in [0.15, 0.2) is 18.1 Å². The number of methoxy groups -OCH3 is 1. The van der Waals surface area contributed by atoms with E-state index < -0.39 is 24.0 Å². The first kappa shape index (κ1) is 20.9. The van der Waals surface area contributed by atoms with Crippen LogP contribution in [0.4, 0.5) is 4.79 Å². The third kappa shape index (κ3) is 4.41. The van der Waals surface area contributed by atoms with E-state index in [-0.39, 0.29) is 13.2 Å². The lowest BCUT2D eigenvalue weighted by Crippen LogP contribution is -2.45. The summed E-state index contributed by atoms with van der Waals surface area (Å²) < 4.78 is 16.0. The summed E-state index contributed by atoms with van der Waals surface area (Å²) in [4.78, 5) is 29.4. The Labute approximate surface area is 174 Å². The van der Waals surface area contributed by atoms with Crippen molar-refractivity contribution in [2.24, 2.45) is 10.9 Å². The summed E-state index contributed by atoms with van der Waals surface area (Å²) in [5.41, 5.74) is 1.62. The predicted octanol–water partition coefficient (Wildman–Crippen LogP) is 3.03. The molecule has 2 aromatic carbocycles. The highest BCUT2D eigenvalue weighted by Crippen LogP contribution is 2.35. The molecule has 0 bridgehead atoms. The number of hydrogen-bond donors (Lipinski definition) is 1. The zero-order valence-electron chi connectivity index (χ0n) is 16.6. The number of hydrogen-bond acceptors (Lipinski definition) is 6. The number of ether oxygens (including phenoxy) is 3. The maximum Gasteiger partial charge on any atom is 0.341 e. The zero-order chi connectivity index (χ0) is 21.5. The fraction of sp³-hybridized carbons (Fsp3) is 0.273. The minimum atomic E-state index is -0.847. The topological polar surface area (TPSA) is 110 Å². The highest BCUT2D eigenvalue weighted by molar-refractivity contribution is 6.17. The van der Waals surface area contributed by atoms with Gasteiger partial charge in [0.2, 0.25) is 0 Å². The highest BCUT2D eigenvalue weighted by atomic mass is 16.5. The number of benzene rings is 2. The van der Waals surface area contributed by atoms with Crippen molar-refractivity contribution >= 4 is 17.7 Å². The number of nitriles is 1. The number of urea groups is 1. The van der Waals surface area contributed by atoms with E-state index in [9.17, 15) is 9.59 Å². The Morgan fingerprint density at radius 3 is 2.63 bits per heavy atom. The first-order chi connectivity index (χ1) is 14.6. The van der Waals surface area contributed by atoms with Crippen LogP contribution in [0.3, 0.4) is 0 Å². The molecule has 0 spiro atoms. The lowest BCUT2D eigenvalue weighted by atomic mass is 9.84. The molecule has 3 rings (SSSR count). The standard InChI is InChI=1S/C22H21N3O5/c1-3-29-21(26)18-19(14-7-5-4-6-8-14)24-22(27)25-20(18)15-9-10-16(30-12-11-23)17(13-15)28-2/h4-10,13,18,20H,3,12H2,1-2H3,(H,25,27). The Balaban J connectivity index is 2.06. The monoisotopic (exact) mass is 407 g/mol. The molecule has 8 heteroatoms. The Morgan fingerprint density at radius 1 is 1.20 bits per heavy atom. The second kappa shape index (κ2) is 9.56. The molecule has 1 N–H and O–H groups in total. The van der Waals surface area contributed by atoms with Gasteiger partial charge in [-0.3, -0.25) is 4.79 Å². The second-order valence-electron chi connectivity index (χ2n) is 6.38. The van der Waals surface area contributed by atoms with Gasteiger partial charge in [0.1, 0.15) is 12.0 Å². The van der Waals surface area contributed by atoms with Crippen molar-refractivity contribution in [3.63, 3.8) is 0 Å². The zero-order valence-corrected chi connectivity index (χ0v) is 16.6. The van der Waals surface area contributed by atoms with Crippen LogP contribution >= 0.6 is 0 Å². The molecule has 2 aromatic rings. The van der Waals surface area contributed by atoms with Crippen molar-refractivity contribution < 1.29 is 23.8 Å². The number of aliphatic imine (C=N–C) groups is 1. The van der Waals surface area contributed by atoms with Gasteiger partial charge in [0.05, 0.1) is 25.5 Å². The van der Waals surface area contributed by atoms with Crippen LogP contribution < -0.4 is 14.8 Å². The van der Waals surface area contributed by atoms with Crippen molar-refractivity contribution in [2.75, 3.05) is 20.3 Å². The van der Waals surface area contributed by atoms with E-state index in [4.69, 9.17) is 19.5 Å². The van der Waals surface area contributed by atoms with E-state index in [0.29, 0.717) is 28.3 Å². The highest BCUT2D eigenvalue weighted by Gasteiger charge is 2.40. The molecule has 2 unspecified atom stereocenters. The van der Waals surface area contributed by atoms with Gasteiger partial charge in [-0.05, 0) is 30.2 Å². The fourth-order valence-electron chi connectivity index (χ4n) is 3.30. The average Bonchev–Trinajstić information content (AvgIpc) is 2.77. The molecule has 8 nitrogen and oxygen atoms in total. The minimum Gasteiger partial charge on any atom is -0.493 e. The first-order valence-electron chi connectivity index (χ1n) is 9.37. The van der Waals surface area contributed by atoms with Crippen molar-refractivity contribution in [1.82, 2.24) is 5.32 Å². The van der Waals surface area contributed by atoms with E-state index >= 15 is 0 Å². The van der Waals surface area contributed by atoms with Gasteiger partial charge in [-0.25, -0.2) is 4.79 Å². The second-order valence-corrected chi connectivity index (χ2v) is 6.38. The summed E-state index contributed by atoms with van der Waals surface area (Å²) in [7, 11) is 1.47. The van der Waals surface area contributed by atoms with Crippen molar-refractivity contribution in [1.29, 1.82) is 5.26 Å². The van der Waals surface area contributed by atoms with Crippen LogP contribution in [0.2, 0.25) is 0 Å². The van der Waals surface area contributed by atoms with E-state index in [1.807, 2.05) is 24.3 Å². The van der Waals surface area contributed by atoms with Crippen molar-refractivity contribution in [3.05, 3.63) is 59.7 Å². The number of amides is 2. The van der Waals surface area contributed by atoms with E-state index in [0.717, 1.165) is 0 Å². The molecule has 30 heavy (non-hydrogen) atoms.